The second-order valence-electron chi connectivity index (χ2n) is 4.94. The van der Waals surface area contributed by atoms with Gasteiger partial charge in [-0.2, -0.15) is 0 Å². The SMILES string of the molecule is O=C(O)c1c(OC2CCCCCC2)cccc1[N+](=O)[O-]. The summed E-state index contributed by atoms with van der Waals surface area (Å²) >= 11 is 0. The number of nitro benzene ring substituents is 1. The Bertz CT molecular complexity index is 506. The van der Waals surface area contributed by atoms with E-state index in [9.17, 15) is 20.0 Å². The highest BCUT2D eigenvalue weighted by Crippen LogP contribution is 2.31. The van der Waals surface area contributed by atoms with Gasteiger partial charge in [-0.3, -0.25) is 10.1 Å². The fraction of sp³-hybridized carbons (Fsp3) is 0.500. The minimum Gasteiger partial charge on any atom is -0.489 e. The Morgan fingerprint density at radius 2 is 1.90 bits per heavy atom. The lowest BCUT2D eigenvalue weighted by atomic mass is 10.1. The molecule has 6 nitrogen and oxygen atoms in total. The van der Waals surface area contributed by atoms with Gasteiger partial charge in [0.05, 0.1) is 11.0 Å². The first-order valence-corrected chi connectivity index (χ1v) is 6.77. The number of carboxylic acids is 1. The zero-order valence-electron chi connectivity index (χ0n) is 11.1. The molecule has 1 fully saturated rings. The van der Waals surface area contributed by atoms with Crippen LogP contribution < -0.4 is 4.74 Å². The lowest BCUT2D eigenvalue weighted by molar-refractivity contribution is -0.385. The molecule has 2 rings (SSSR count). The quantitative estimate of drug-likeness (QED) is 0.518. The second kappa shape index (κ2) is 6.36. The number of carboxylic acid groups (broad SMARTS) is 1. The molecule has 108 valence electrons. The monoisotopic (exact) mass is 279 g/mol. The fourth-order valence-corrected chi connectivity index (χ4v) is 2.52. The number of nitro groups is 1. The number of hydrogen-bond donors (Lipinski definition) is 1. The van der Waals surface area contributed by atoms with Gasteiger partial charge in [-0.15, -0.1) is 0 Å². The molecule has 0 saturated heterocycles. The minimum atomic E-state index is -1.33. The summed E-state index contributed by atoms with van der Waals surface area (Å²) < 4.78 is 5.73. The summed E-state index contributed by atoms with van der Waals surface area (Å²) in [6.07, 6.45) is 6.06. The van der Waals surface area contributed by atoms with Gasteiger partial charge in [-0.25, -0.2) is 4.79 Å². The second-order valence-corrected chi connectivity index (χ2v) is 4.94. The lowest BCUT2D eigenvalue weighted by Crippen LogP contribution is -2.17. The summed E-state index contributed by atoms with van der Waals surface area (Å²) in [4.78, 5) is 21.5. The number of nitrogens with zero attached hydrogens (tertiary/aromatic N) is 1. The Labute approximate surface area is 116 Å². The van der Waals surface area contributed by atoms with Crippen LogP contribution in [0.3, 0.4) is 0 Å². The largest absolute Gasteiger partial charge is 0.489 e. The van der Waals surface area contributed by atoms with Gasteiger partial charge in [0.1, 0.15) is 5.75 Å². The highest BCUT2D eigenvalue weighted by atomic mass is 16.6. The van der Waals surface area contributed by atoms with Crippen LogP contribution in [-0.4, -0.2) is 22.1 Å². The molecule has 1 N–H and O–H groups in total. The molecule has 20 heavy (non-hydrogen) atoms. The van der Waals surface area contributed by atoms with Crippen LogP contribution >= 0.6 is 0 Å². The van der Waals surface area contributed by atoms with Gasteiger partial charge in [-0.05, 0) is 31.7 Å². The molecule has 0 bridgehead atoms. The van der Waals surface area contributed by atoms with E-state index in [0.29, 0.717) is 0 Å². The van der Waals surface area contributed by atoms with Crippen molar-refractivity contribution >= 4 is 11.7 Å². The van der Waals surface area contributed by atoms with Crippen molar-refractivity contribution in [3.05, 3.63) is 33.9 Å². The molecule has 0 radical (unpaired) electrons. The van der Waals surface area contributed by atoms with Gasteiger partial charge in [0.2, 0.25) is 0 Å². The van der Waals surface area contributed by atoms with Crippen molar-refractivity contribution < 1.29 is 19.6 Å². The van der Waals surface area contributed by atoms with Crippen LogP contribution in [0, 0.1) is 10.1 Å². The third kappa shape index (κ3) is 3.26. The van der Waals surface area contributed by atoms with E-state index < -0.39 is 16.6 Å². The average molecular weight is 279 g/mol. The fourth-order valence-electron chi connectivity index (χ4n) is 2.52. The summed E-state index contributed by atoms with van der Waals surface area (Å²) in [5.41, 5.74) is -0.787. The molecule has 1 aliphatic carbocycles. The van der Waals surface area contributed by atoms with Crippen molar-refractivity contribution in [2.75, 3.05) is 0 Å². The molecular weight excluding hydrogens is 262 g/mol. The van der Waals surface area contributed by atoms with E-state index in [4.69, 9.17) is 4.74 Å². The molecule has 0 aromatic heterocycles. The minimum absolute atomic E-state index is 0.0578. The maximum Gasteiger partial charge on any atom is 0.346 e. The number of benzene rings is 1. The first-order valence-electron chi connectivity index (χ1n) is 6.77. The topological polar surface area (TPSA) is 89.7 Å². The van der Waals surface area contributed by atoms with Crippen LogP contribution in [0.15, 0.2) is 18.2 Å². The van der Waals surface area contributed by atoms with Crippen LogP contribution in [0.2, 0.25) is 0 Å². The molecule has 1 saturated carbocycles. The summed E-state index contributed by atoms with van der Waals surface area (Å²) in [6.45, 7) is 0. The Morgan fingerprint density at radius 1 is 1.25 bits per heavy atom. The summed E-state index contributed by atoms with van der Waals surface area (Å²) in [7, 11) is 0. The first-order chi connectivity index (χ1) is 9.59. The molecule has 0 heterocycles. The summed E-state index contributed by atoms with van der Waals surface area (Å²) in [5, 5.41) is 20.1. The van der Waals surface area contributed by atoms with E-state index >= 15 is 0 Å². The maximum absolute atomic E-state index is 11.3. The van der Waals surface area contributed by atoms with Crippen LogP contribution in [-0.2, 0) is 0 Å². The molecule has 0 spiro atoms. The van der Waals surface area contributed by atoms with Crippen LogP contribution in [0.1, 0.15) is 48.9 Å². The third-order valence-electron chi connectivity index (χ3n) is 3.51. The molecule has 0 unspecified atom stereocenters. The zero-order valence-corrected chi connectivity index (χ0v) is 11.1. The first kappa shape index (κ1) is 14.3. The van der Waals surface area contributed by atoms with Crippen LogP contribution in [0.5, 0.6) is 5.75 Å². The predicted molar refractivity (Wildman–Crippen MR) is 72.2 cm³/mol. The number of ether oxygens (including phenoxy) is 1. The van der Waals surface area contributed by atoms with Crippen molar-refractivity contribution in [3.63, 3.8) is 0 Å². The number of rotatable bonds is 4. The summed E-state index contributed by atoms with van der Waals surface area (Å²) in [5.74, 6) is -1.24. The molecule has 1 aromatic rings. The van der Waals surface area contributed by atoms with Crippen molar-refractivity contribution in [3.8, 4) is 5.75 Å². The Balaban J connectivity index is 2.28. The molecular formula is C14H17NO5. The third-order valence-corrected chi connectivity index (χ3v) is 3.51. The van der Waals surface area contributed by atoms with Gasteiger partial charge in [0, 0.05) is 6.07 Å². The predicted octanol–water partition coefficient (Wildman–Crippen LogP) is 3.39. The van der Waals surface area contributed by atoms with Crippen molar-refractivity contribution in [1.29, 1.82) is 0 Å². The highest BCUT2D eigenvalue weighted by molar-refractivity contribution is 5.95. The van der Waals surface area contributed by atoms with Crippen molar-refractivity contribution in [2.45, 2.75) is 44.6 Å². The molecule has 1 aliphatic rings. The van der Waals surface area contributed by atoms with Gasteiger partial charge in [0.25, 0.3) is 5.69 Å². The Hall–Kier alpha value is -2.11. The van der Waals surface area contributed by atoms with E-state index in [1.807, 2.05) is 0 Å². The average Bonchev–Trinajstić information content (AvgIpc) is 2.66. The molecule has 0 atom stereocenters. The Kier molecular flexibility index (Phi) is 4.55. The van der Waals surface area contributed by atoms with Gasteiger partial charge in [0.15, 0.2) is 5.56 Å². The van der Waals surface area contributed by atoms with E-state index in [1.54, 1.807) is 0 Å². The molecule has 0 aliphatic heterocycles. The molecule has 0 amide bonds. The zero-order chi connectivity index (χ0) is 14.5. The van der Waals surface area contributed by atoms with E-state index in [-0.39, 0.29) is 17.4 Å². The van der Waals surface area contributed by atoms with E-state index in [1.165, 1.54) is 18.2 Å². The normalized spacial score (nSPS) is 16.4. The van der Waals surface area contributed by atoms with E-state index in [2.05, 4.69) is 0 Å². The number of carbonyl (C=O) groups is 1. The molecule has 1 aromatic carbocycles. The standard InChI is InChI=1S/C14H17NO5/c16-14(17)13-11(15(18)19)8-5-9-12(13)20-10-6-3-1-2-4-7-10/h5,8-10H,1-4,6-7H2,(H,16,17). The molecule has 6 heteroatoms. The van der Waals surface area contributed by atoms with E-state index in [0.717, 1.165) is 38.5 Å². The van der Waals surface area contributed by atoms with Gasteiger partial charge >= 0.3 is 5.97 Å². The smallest absolute Gasteiger partial charge is 0.346 e. The number of hydrogen-bond acceptors (Lipinski definition) is 4. The lowest BCUT2D eigenvalue weighted by Gasteiger charge is -2.18. The van der Waals surface area contributed by atoms with Gasteiger partial charge < -0.3 is 9.84 Å². The van der Waals surface area contributed by atoms with Crippen LogP contribution in [0.4, 0.5) is 5.69 Å². The summed E-state index contributed by atoms with van der Waals surface area (Å²) in [6, 6.07) is 4.13. The number of aromatic carboxylic acids is 1. The highest BCUT2D eigenvalue weighted by Gasteiger charge is 2.26. The Morgan fingerprint density at radius 3 is 2.45 bits per heavy atom. The van der Waals surface area contributed by atoms with Crippen molar-refractivity contribution in [2.24, 2.45) is 0 Å². The maximum atomic E-state index is 11.3. The van der Waals surface area contributed by atoms with Crippen molar-refractivity contribution in [1.82, 2.24) is 0 Å². The van der Waals surface area contributed by atoms with Crippen LogP contribution in [0.25, 0.3) is 0 Å². The van der Waals surface area contributed by atoms with Gasteiger partial charge in [-0.1, -0.05) is 18.9 Å².